The van der Waals surface area contributed by atoms with E-state index in [1.807, 2.05) is 76.2 Å². The predicted octanol–water partition coefficient (Wildman–Crippen LogP) is 6.49. The summed E-state index contributed by atoms with van der Waals surface area (Å²) >= 11 is 26.4. The van der Waals surface area contributed by atoms with E-state index in [2.05, 4.69) is 48.3 Å². The van der Waals surface area contributed by atoms with Gasteiger partial charge in [0.25, 0.3) is 0 Å². The zero-order valence-electron chi connectivity index (χ0n) is 27.2. The highest BCUT2D eigenvalue weighted by molar-refractivity contribution is 6.81. The summed E-state index contributed by atoms with van der Waals surface area (Å²) in [6.07, 6.45) is -0.422. The summed E-state index contributed by atoms with van der Waals surface area (Å²) in [6, 6.07) is 24.5. The SMILES string of the molecule is Cc1ccc(B(OC(C)C2CNCCN2C(C)OB(c2ccc(C)c(Cl)c2)c2ccc(C)c(Cl)c2)c2ccc(C)c(Cl)c2)cc1Cl. The van der Waals surface area contributed by atoms with Gasteiger partial charge in [-0.2, -0.15) is 0 Å². The molecule has 1 N–H and O–H groups in total. The minimum Gasteiger partial charge on any atom is -0.423 e. The van der Waals surface area contributed by atoms with Crippen LogP contribution in [0.5, 0.6) is 0 Å². The van der Waals surface area contributed by atoms with Crippen LogP contribution in [0.15, 0.2) is 72.8 Å². The average molecular weight is 696 g/mol. The van der Waals surface area contributed by atoms with Crippen LogP contribution < -0.4 is 27.2 Å². The van der Waals surface area contributed by atoms with Gasteiger partial charge in [-0.05, 0) is 110 Å². The van der Waals surface area contributed by atoms with Gasteiger partial charge in [-0.3, -0.25) is 4.90 Å². The Bertz CT molecular complexity index is 1460. The van der Waals surface area contributed by atoms with Gasteiger partial charge >= 0.3 is 13.8 Å². The Morgan fingerprint density at radius 1 is 0.630 bits per heavy atom. The van der Waals surface area contributed by atoms with Crippen molar-refractivity contribution in [1.82, 2.24) is 10.2 Å². The number of aryl methyl sites for hydroxylation is 4. The van der Waals surface area contributed by atoms with Crippen LogP contribution in [0.4, 0.5) is 0 Å². The summed E-state index contributed by atoms with van der Waals surface area (Å²) in [6.45, 7) is 13.9. The molecular formula is C36H40B2Cl4N2O2. The summed E-state index contributed by atoms with van der Waals surface area (Å²) in [5.74, 6) is 0. The van der Waals surface area contributed by atoms with Crippen molar-refractivity contribution in [2.75, 3.05) is 19.6 Å². The van der Waals surface area contributed by atoms with Crippen molar-refractivity contribution in [3.63, 3.8) is 0 Å². The molecule has 1 aliphatic heterocycles. The van der Waals surface area contributed by atoms with Crippen LogP contribution in [0, 0.1) is 27.7 Å². The summed E-state index contributed by atoms with van der Waals surface area (Å²) in [5.41, 5.74) is 8.00. The predicted molar refractivity (Wildman–Crippen MR) is 199 cm³/mol. The average Bonchev–Trinajstić information content (AvgIpc) is 3.04. The summed E-state index contributed by atoms with van der Waals surface area (Å²) < 4.78 is 13.9. The standard InChI is InChI=1S/C36H40B2Cl4N2O2/c1-22-7-11-28(17-32(22)39)37(29-12-8-23(2)33(40)18-29)45-26(5)36-21-43-15-16-44(36)27(6)46-38(30-13-9-24(3)34(41)19-30)31-14-10-25(4)35(42)20-31/h7-14,17-20,26-27,36,43H,15-16,21H2,1-6H3. The third-order valence-corrected chi connectivity index (χ3v) is 10.6. The summed E-state index contributed by atoms with van der Waals surface area (Å²) in [5, 5.41) is 6.40. The molecule has 4 nitrogen and oxygen atoms in total. The maximum Gasteiger partial charge on any atom is 0.362 e. The van der Waals surface area contributed by atoms with Crippen molar-refractivity contribution < 1.29 is 9.31 Å². The number of nitrogens with one attached hydrogen (secondary N) is 1. The Labute approximate surface area is 294 Å². The lowest BCUT2D eigenvalue weighted by molar-refractivity contribution is -0.0389. The first-order chi connectivity index (χ1) is 21.9. The van der Waals surface area contributed by atoms with Crippen LogP contribution in [0.3, 0.4) is 0 Å². The molecule has 1 heterocycles. The molecule has 0 bridgehead atoms. The highest BCUT2D eigenvalue weighted by Crippen LogP contribution is 2.21. The highest BCUT2D eigenvalue weighted by atomic mass is 35.5. The van der Waals surface area contributed by atoms with Crippen LogP contribution in [-0.4, -0.2) is 56.7 Å². The topological polar surface area (TPSA) is 33.7 Å². The summed E-state index contributed by atoms with van der Waals surface area (Å²) in [4.78, 5) is 2.39. The second kappa shape index (κ2) is 15.5. The fourth-order valence-electron chi connectivity index (χ4n) is 6.00. The van der Waals surface area contributed by atoms with Crippen molar-refractivity contribution in [2.24, 2.45) is 0 Å². The summed E-state index contributed by atoms with van der Waals surface area (Å²) in [7, 11) is 0. The molecule has 0 spiro atoms. The maximum atomic E-state index is 6.97. The van der Waals surface area contributed by atoms with Gasteiger partial charge in [-0.1, -0.05) is 94.9 Å². The van der Waals surface area contributed by atoms with E-state index >= 15 is 0 Å². The Hall–Kier alpha value is -1.99. The fraction of sp³-hybridized carbons (Fsp3) is 0.333. The van der Waals surface area contributed by atoms with Gasteiger partial charge in [0.15, 0.2) is 0 Å². The number of hydrogen-bond donors (Lipinski definition) is 1. The molecule has 46 heavy (non-hydrogen) atoms. The Morgan fingerprint density at radius 2 is 1.00 bits per heavy atom. The molecule has 4 aromatic carbocycles. The largest absolute Gasteiger partial charge is 0.423 e. The molecule has 5 rings (SSSR count). The number of nitrogens with zero attached hydrogens (tertiary/aromatic N) is 1. The molecule has 10 heteroatoms. The monoisotopic (exact) mass is 694 g/mol. The van der Waals surface area contributed by atoms with Crippen LogP contribution in [-0.2, 0) is 9.31 Å². The van der Waals surface area contributed by atoms with Gasteiger partial charge in [0.2, 0.25) is 0 Å². The zero-order valence-corrected chi connectivity index (χ0v) is 30.2. The molecular weight excluding hydrogens is 656 g/mol. The number of piperazine rings is 1. The van der Waals surface area contributed by atoms with E-state index in [1.54, 1.807) is 0 Å². The molecule has 0 saturated carbocycles. The van der Waals surface area contributed by atoms with Crippen molar-refractivity contribution in [3.8, 4) is 0 Å². The lowest BCUT2D eigenvalue weighted by Crippen LogP contribution is -2.62. The maximum absolute atomic E-state index is 6.97. The van der Waals surface area contributed by atoms with Crippen LogP contribution in [0.25, 0.3) is 0 Å². The van der Waals surface area contributed by atoms with Crippen LogP contribution >= 0.6 is 46.4 Å². The van der Waals surface area contributed by atoms with E-state index in [4.69, 9.17) is 55.7 Å². The third-order valence-electron chi connectivity index (χ3n) is 9.01. The molecule has 1 aliphatic rings. The van der Waals surface area contributed by atoms with E-state index in [-0.39, 0.29) is 32.2 Å². The quantitative estimate of drug-likeness (QED) is 0.193. The second-order valence-corrected chi connectivity index (χ2v) is 14.0. The first-order valence-corrected chi connectivity index (χ1v) is 17.3. The molecule has 4 aromatic rings. The van der Waals surface area contributed by atoms with E-state index in [0.29, 0.717) is 20.1 Å². The van der Waals surface area contributed by atoms with Crippen LogP contribution in [0.2, 0.25) is 20.1 Å². The minimum absolute atomic E-state index is 0.0250. The fourth-order valence-corrected chi connectivity index (χ4v) is 6.75. The van der Waals surface area contributed by atoms with E-state index in [9.17, 15) is 0 Å². The third kappa shape index (κ3) is 8.17. The first-order valence-electron chi connectivity index (χ1n) is 15.7. The van der Waals surface area contributed by atoms with Crippen LogP contribution in [0.1, 0.15) is 36.1 Å². The number of rotatable bonds is 10. The Balaban J connectivity index is 1.44. The second-order valence-electron chi connectivity index (χ2n) is 12.4. The van der Waals surface area contributed by atoms with Gasteiger partial charge in [-0.25, -0.2) is 0 Å². The van der Waals surface area contributed by atoms with Crippen molar-refractivity contribution in [2.45, 2.75) is 59.9 Å². The van der Waals surface area contributed by atoms with Crippen molar-refractivity contribution in [1.29, 1.82) is 0 Å². The smallest absolute Gasteiger partial charge is 0.362 e. The first kappa shape index (κ1) is 35.3. The molecule has 0 aromatic heterocycles. The van der Waals surface area contributed by atoms with Crippen molar-refractivity contribution >= 4 is 82.1 Å². The Morgan fingerprint density at radius 3 is 1.37 bits per heavy atom. The minimum atomic E-state index is -0.366. The highest BCUT2D eigenvalue weighted by Gasteiger charge is 2.37. The van der Waals surface area contributed by atoms with Gasteiger partial charge in [0, 0.05) is 45.8 Å². The van der Waals surface area contributed by atoms with Gasteiger partial charge in [-0.15, -0.1) is 0 Å². The molecule has 1 saturated heterocycles. The zero-order chi connectivity index (χ0) is 33.1. The number of hydrogen-bond acceptors (Lipinski definition) is 4. The lowest BCUT2D eigenvalue weighted by atomic mass is 9.55. The number of halogens is 4. The van der Waals surface area contributed by atoms with Gasteiger partial charge in [0.1, 0.15) is 0 Å². The van der Waals surface area contributed by atoms with Gasteiger partial charge < -0.3 is 14.6 Å². The molecule has 0 radical (unpaired) electrons. The molecule has 240 valence electrons. The lowest BCUT2D eigenvalue weighted by Gasteiger charge is -2.44. The van der Waals surface area contributed by atoms with E-state index < -0.39 is 0 Å². The molecule has 3 atom stereocenters. The van der Waals surface area contributed by atoms with Crippen molar-refractivity contribution in [3.05, 3.63) is 115 Å². The molecule has 0 aliphatic carbocycles. The Kier molecular flexibility index (Phi) is 11.9. The molecule has 3 unspecified atom stereocenters. The molecule has 0 amide bonds. The molecule has 1 fully saturated rings. The normalized spacial score (nSPS) is 16.7. The van der Waals surface area contributed by atoms with E-state index in [1.165, 1.54) is 0 Å². The van der Waals surface area contributed by atoms with E-state index in [0.717, 1.165) is 63.7 Å². The number of benzene rings is 4. The van der Waals surface area contributed by atoms with Gasteiger partial charge in [0.05, 0.1) is 12.3 Å².